The molecule has 1 atom stereocenters. The highest BCUT2D eigenvalue weighted by Gasteiger charge is 2.29. The Morgan fingerprint density at radius 3 is 2.74 bits per heavy atom. The molecule has 2 heterocycles. The van der Waals surface area contributed by atoms with Crippen LogP contribution in [-0.4, -0.2) is 34.2 Å². The fourth-order valence-corrected chi connectivity index (χ4v) is 3.26. The number of nitrogens with zero attached hydrogens (tertiary/aromatic N) is 1. The zero-order valence-electron chi connectivity index (χ0n) is 13.4. The van der Waals surface area contributed by atoms with Crippen molar-refractivity contribution in [2.45, 2.75) is 38.6 Å². The number of hydrogen-bond acceptors (Lipinski definition) is 2. The van der Waals surface area contributed by atoms with Crippen molar-refractivity contribution in [3.05, 3.63) is 59.4 Å². The van der Waals surface area contributed by atoms with Crippen molar-refractivity contribution in [1.82, 2.24) is 9.88 Å². The Morgan fingerprint density at radius 2 is 2.04 bits per heavy atom. The van der Waals surface area contributed by atoms with Gasteiger partial charge in [-0.2, -0.15) is 0 Å². The zero-order chi connectivity index (χ0) is 16.2. The van der Waals surface area contributed by atoms with Gasteiger partial charge in [0.1, 0.15) is 5.69 Å². The number of aromatic nitrogens is 1. The van der Waals surface area contributed by atoms with E-state index in [1.54, 1.807) is 12.3 Å². The molecule has 1 aliphatic rings. The summed E-state index contributed by atoms with van der Waals surface area (Å²) < 4.78 is 0. The number of amides is 1. The summed E-state index contributed by atoms with van der Waals surface area (Å²) in [5, 5.41) is 0. The molecule has 4 heteroatoms. The van der Waals surface area contributed by atoms with E-state index in [0.29, 0.717) is 11.3 Å². The van der Waals surface area contributed by atoms with Gasteiger partial charge in [-0.1, -0.05) is 30.3 Å². The van der Waals surface area contributed by atoms with Crippen LogP contribution in [0.25, 0.3) is 0 Å². The number of likely N-dealkylation sites (tertiary alicyclic amines) is 1. The van der Waals surface area contributed by atoms with Crippen LogP contribution in [0.3, 0.4) is 0 Å². The molecule has 0 unspecified atom stereocenters. The maximum Gasteiger partial charge on any atom is 0.270 e. The molecule has 1 amide bonds. The fraction of sp³-hybridized carbons (Fsp3) is 0.368. The lowest BCUT2D eigenvalue weighted by atomic mass is 10.0. The number of carbonyl (C=O) groups is 2. The molecular weight excluding hydrogens is 288 g/mol. The molecule has 23 heavy (non-hydrogen) atoms. The first-order valence-electron chi connectivity index (χ1n) is 8.19. The highest BCUT2D eigenvalue weighted by atomic mass is 16.2. The lowest BCUT2D eigenvalue weighted by Gasteiger charge is -2.24. The first-order valence-corrected chi connectivity index (χ1v) is 8.19. The van der Waals surface area contributed by atoms with Crippen molar-refractivity contribution in [3.63, 3.8) is 0 Å². The normalized spacial score (nSPS) is 17.4. The van der Waals surface area contributed by atoms with Gasteiger partial charge < -0.3 is 9.88 Å². The molecule has 4 nitrogen and oxygen atoms in total. The Morgan fingerprint density at radius 1 is 1.26 bits per heavy atom. The van der Waals surface area contributed by atoms with E-state index >= 15 is 0 Å². The lowest BCUT2D eigenvalue weighted by Crippen LogP contribution is -2.36. The second-order valence-electron chi connectivity index (χ2n) is 6.18. The highest BCUT2D eigenvalue weighted by molar-refractivity contribution is 5.99. The Hall–Kier alpha value is -2.36. The van der Waals surface area contributed by atoms with Crippen LogP contribution in [0.1, 0.15) is 52.6 Å². The van der Waals surface area contributed by atoms with Gasteiger partial charge in [0, 0.05) is 24.3 Å². The Bertz CT molecular complexity index is 690. The minimum Gasteiger partial charge on any atom is -0.356 e. The van der Waals surface area contributed by atoms with Crippen LogP contribution in [-0.2, 0) is 6.42 Å². The monoisotopic (exact) mass is 310 g/mol. The number of H-pyrrole nitrogens is 1. The molecule has 120 valence electrons. The smallest absolute Gasteiger partial charge is 0.270 e. The van der Waals surface area contributed by atoms with Gasteiger partial charge in [-0.3, -0.25) is 9.59 Å². The van der Waals surface area contributed by atoms with Gasteiger partial charge in [-0.05, 0) is 44.2 Å². The average Bonchev–Trinajstić information content (AvgIpc) is 3.22. The van der Waals surface area contributed by atoms with Crippen LogP contribution in [0.2, 0.25) is 0 Å². The van der Waals surface area contributed by atoms with Crippen LogP contribution in [0.15, 0.2) is 42.6 Å². The van der Waals surface area contributed by atoms with Crippen molar-refractivity contribution in [2.24, 2.45) is 0 Å². The third-order valence-electron chi connectivity index (χ3n) is 4.57. The predicted octanol–water partition coefficient (Wildman–Crippen LogP) is 3.45. The van der Waals surface area contributed by atoms with Crippen LogP contribution in [0, 0.1) is 0 Å². The molecule has 1 N–H and O–H groups in total. The van der Waals surface area contributed by atoms with E-state index in [1.165, 1.54) is 12.5 Å². The number of ketones is 1. The van der Waals surface area contributed by atoms with Crippen LogP contribution < -0.4 is 0 Å². The van der Waals surface area contributed by atoms with Crippen molar-refractivity contribution in [3.8, 4) is 0 Å². The van der Waals surface area contributed by atoms with Crippen molar-refractivity contribution in [2.75, 3.05) is 6.54 Å². The third kappa shape index (κ3) is 3.52. The fourth-order valence-electron chi connectivity index (χ4n) is 3.26. The Kier molecular flexibility index (Phi) is 4.60. The Balaban J connectivity index is 1.65. The van der Waals surface area contributed by atoms with E-state index in [1.807, 2.05) is 11.0 Å². The molecule has 1 saturated heterocycles. The van der Waals surface area contributed by atoms with Gasteiger partial charge in [0.05, 0.1) is 0 Å². The SMILES string of the molecule is CC(=O)c1c[nH]c(C(=O)N2CCC[C@H]2CCc2ccccc2)c1. The van der Waals surface area contributed by atoms with Crippen LogP contribution in [0.5, 0.6) is 0 Å². The summed E-state index contributed by atoms with van der Waals surface area (Å²) in [5.41, 5.74) is 2.39. The molecular formula is C19H22N2O2. The predicted molar refractivity (Wildman–Crippen MR) is 89.6 cm³/mol. The number of nitrogens with one attached hydrogen (secondary N) is 1. The largest absolute Gasteiger partial charge is 0.356 e. The summed E-state index contributed by atoms with van der Waals surface area (Å²) >= 11 is 0. The van der Waals surface area contributed by atoms with E-state index in [2.05, 4.69) is 29.2 Å². The average molecular weight is 310 g/mol. The van der Waals surface area contributed by atoms with Crippen molar-refractivity contribution >= 4 is 11.7 Å². The number of Topliss-reactive ketones (excluding diaryl/α,β-unsaturated/α-hetero) is 1. The molecule has 0 bridgehead atoms. The number of aromatic amines is 1. The maximum absolute atomic E-state index is 12.7. The molecule has 0 aliphatic carbocycles. The Labute approximate surface area is 136 Å². The first-order chi connectivity index (χ1) is 11.1. The zero-order valence-corrected chi connectivity index (χ0v) is 13.4. The molecule has 3 rings (SSSR count). The van der Waals surface area contributed by atoms with Crippen molar-refractivity contribution in [1.29, 1.82) is 0 Å². The topological polar surface area (TPSA) is 53.2 Å². The summed E-state index contributed by atoms with van der Waals surface area (Å²) in [4.78, 5) is 29.0. The second kappa shape index (κ2) is 6.82. The number of benzene rings is 1. The van der Waals surface area contributed by atoms with Gasteiger partial charge in [0.25, 0.3) is 5.91 Å². The lowest BCUT2D eigenvalue weighted by molar-refractivity contribution is 0.0725. The van der Waals surface area contributed by atoms with E-state index in [4.69, 9.17) is 0 Å². The standard InChI is InChI=1S/C19H22N2O2/c1-14(22)16-12-18(20-13-16)19(23)21-11-5-8-17(21)10-9-15-6-3-2-4-7-15/h2-4,6-7,12-13,17,20H,5,8-11H2,1H3/t17-/m0/s1. The second-order valence-corrected chi connectivity index (χ2v) is 6.18. The molecule has 0 spiro atoms. The van der Waals surface area contributed by atoms with Crippen LogP contribution >= 0.6 is 0 Å². The van der Waals surface area contributed by atoms with E-state index in [9.17, 15) is 9.59 Å². The summed E-state index contributed by atoms with van der Waals surface area (Å²) in [6.45, 7) is 2.31. The number of aryl methyl sites for hydroxylation is 1. The first kappa shape index (κ1) is 15.5. The van der Waals surface area contributed by atoms with E-state index in [-0.39, 0.29) is 17.7 Å². The highest BCUT2D eigenvalue weighted by Crippen LogP contribution is 2.24. The van der Waals surface area contributed by atoms with Crippen LogP contribution in [0.4, 0.5) is 0 Å². The number of hydrogen-bond donors (Lipinski definition) is 1. The molecule has 1 aromatic heterocycles. The molecule has 0 radical (unpaired) electrons. The van der Waals surface area contributed by atoms with Gasteiger partial charge in [0.15, 0.2) is 5.78 Å². The summed E-state index contributed by atoms with van der Waals surface area (Å²) in [5.74, 6) is -0.0181. The van der Waals surface area contributed by atoms with E-state index in [0.717, 1.165) is 32.2 Å². The number of carbonyl (C=O) groups excluding carboxylic acids is 2. The van der Waals surface area contributed by atoms with Gasteiger partial charge >= 0.3 is 0 Å². The van der Waals surface area contributed by atoms with Gasteiger partial charge in [-0.15, -0.1) is 0 Å². The van der Waals surface area contributed by atoms with Gasteiger partial charge in [0.2, 0.25) is 0 Å². The van der Waals surface area contributed by atoms with Gasteiger partial charge in [-0.25, -0.2) is 0 Å². The molecule has 2 aromatic rings. The molecule has 1 fully saturated rings. The molecule has 1 aliphatic heterocycles. The minimum atomic E-state index is -0.0256. The third-order valence-corrected chi connectivity index (χ3v) is 4.57. The molecule has 1 aromatic carbocycles. The summed E-state index contributed by atoms with van der Waals surface area (Å²) in [6.07, 6.45) is 5.68. The minimum absolute atomic E-state index is 0.00746. The number of rotatable bonds is 5. The quantitative estimate of drug-likeness (QED) is 0.860. The van der Waals surface area contributed by atoms with Crippen molar-refractivity contribution < 1.29 is 9.59 Å². The summed E-state index contributed by atoms with van der Waals surface area (Å²) in [7, 11) is 0. The van der Waals surface area contributed by atoms with E-state index < -0.39 is 0 Å². The molecule has 0 saturated carbocycles. The summed E-state index contributed by atoms with van der Waals surface area (Å²) in [6, 6.07) is 12.3. The maximum atomic E-state index is 12.7.